The second kappa shape index (κ2) is 8.41. The maximum atomic E-state index is 12.2. The molecule has 1 heterocycles. The van der Waals surface area contributed by atoms with Crippen LogP contribution in [0.2, 0.25) is 0 Å². The van der Waals surface area contributed by atoms with Gasteiger partial charge in [-0.25, -0.2) is 0 Å². The van der Waals surface area contributed by atoms with E-state index in [1.54, 1.807) is 17.8 Å². The van der Waals surface area contributed by atoms with Crippen LogP contribution in [0.15, 0.2) is 57.3 Å². The summed E-state index contributed by atoms with van der Waals surface area (Å²) in [7, 11) is 0. The molecule has 3 rings (SSSR count). The smallest absolute Gasteiger partial charge is 0.257 e. The van der Waals surface area contributed by atoms with E-state index in [9.17, 15) is 4.79 Å². The number of halogens is 2. The monoisotopic (exact) mass is 531 g/mol. The Kier molecular flexibility index (Phi) is 6.25. The summed E-state index contributed by atoms with van der Waals surface area (Å²) in [5, 5.41) is 11.5. The van der Waals surface area contributed by atoms with E-state index in [4.69, 9.17) is 0 Å². The van der Waals surface area contributed by atoms with Gasteiger partial charge in [0.05, 0.1) is 0 Å². The number of amides is 1. The molecule has 0 fully saturated rings. The van der Waals surface area contributed by atoms with E-state index in [0.717, 1.165) is 18.1 Å². The van der Waals surface area contributed by atoms with Gasteiger partial charge in [-0.15, -0.1) is 10.2 Å². The minimum Gasteiger partial charge on any atom is -0.296 e. The van der Waals surface area contributed by atoms with E-state index in [-0.39, 0.29) is 5.91 Å². The van der Waals surface area contributed by atoms with Gasteiger partial charge >= 0.3 is 0 Å². The van der Waals surface area contributed by atoms with Crippen LogP contribution in [0.3, 0.4) is 0 Å². The molecule has 0 saturated carbocycles. The van der Waals surface area contributed by atoms with Gasteiger partial charge in [0, 0.05) is 19.4 Å². The first-order valence-electron chi connectivity index (χ1n) is 6.88. The van der Waals surface area contributed by atoms with Gasteiger partial charge in [-0.1, -0.05) is 57.2 Å². The molecule has 1 amide bonds. The van der Waals surface area contributed by atoms with Crippen LogP contribution in [0.5, 0.6) is 0 Å². The van der Waals surface area contributed by atoms with Crippen molar-refractivity contribution in [1.82, 2.24) is 10.2 Å². The van der Waals surface area contributed by atoms with Crippen molar-refractivity contribution in [3.8, 4) is 0 Å². The molecular formula is C16H11BrIN3OS2. The zero-order valence-corrected chi connectivity index (χ0v) is 17.6. The van der Waals surface area contributed by atoms with E-state index in [1.807, 2.05) is 30.3 Å². The molecule has 0 saturated heterocycles. The first-order valence-corrected chi connectivity index (χ1v) is 10.6. The molecular weight excluding hydrogens is 521 g/mol. The van der Waals surface area contributed by atoms with Crippen LogP contribution in [0.4, 0.5) is 5.13 Å². The molecule has 122 valence electrons. The molecule has 24 heavy (non-hydrogen) atoms. The fourth-order valence-corrected chi connectivity index (χ4v) is 4.35. The van der Waals surface area contributed by atoms with E-state index >= 15 is 0 Å². The molecule has 0 bridgehead atoms. The Labute approximate surface area is 169 Å². The summed E-state index contributed by atoms with van der Waals surface area (Å²) in [6, 6.07) is 15.6. The zero-order valence-electron chi connectivity index (χ0n) is 12.2. The highest BCUT2D eigenvalue weighted by Gasteiger charge is 2.11. The van der Waals surface area contributed by atoms with Crippen LogP contribution < -0.4 is 5.32 Å². The lowest BCUT2D eigenvalue weighted by Gasteiger charge is -2.01. The second-order valence-electron chi connectivity index (χ2n) is 4.75. The molecule has 0 aliphatic rings. The summed E-state index contributed by atoms with van der Waals surface area (Å²) in [6.45, 7) is 0. The van der Waals surface area contributed by atoms with E-state index in [1.165, 1.54) is 16.9 Å². The Bertz CT molecular complexity index is 855. The standard InChI is InChI=1S/C16H11BrIN3OS2/c17-12-6-4-10(5-7-12)9-23-16-21-20-15(24-16)19-14(22)11-2-1-3-13(18)8-11/h1-8H,9H2,(H,19,20,22). The SMILES string of the molecule is O=C(Nc1nnc(SCc2ccc(Br)cc2)s1)c1cccc(I)c1. The van der Waals surface area contributed by atoms with Crippen LogP contribution >= 0.6 is 61.6 Å². The summed E-state index contributed by atoms with van der Waals surface area (Å²) in [6.07, 6.45) is 0. The van der Waals surface area contributed by atoms with Crippen LogP contribution in [0, 0.1) is 3.57 Å². The van der Waals surface area contributed by atoms with Crippen molar-refractivity contribution in [2.45, 2.75) is 10.1 Å². The fourth-order valence-electron chi connectivity index (χ4n) is 1.84. The van der Waals surface area contributed by atoms with Gasteiger partial charge in [0.25, 0.3) is 5.91 Å². The molecule has 0 unspecified atom stereocenters. The normalized spacial score (nSPS) is 10.6. The third kappa shape index (κ3) is 5.01. The van der Waals surface area contributed by atoms with Crippen LogP contribution in [0.1, 0.15) is 15.9 Å². The highest BCUT2D eigenvalue weighted by molar-refractivity contribution is 14.1. The highest BCUT2D eigenvalue weighted by atomic mass is 127. The fraction of sp³-hybridized carbons (Fsp3) is 0.0625. The van der Waals surface area contributed by atoms with Crippen molar-refractivity contribution in [2.75, 3.05) is 5.32 Å². The summed E-state index contributed by atoms with van der Waals surface area (Å²) >= 11 is 8.59. The average molecular weight is 532 g/mol. The largest absolute Gasteiger partial charge is 0.296 e. The maximum Gasteiger partial charge on any atom is 0.257 e. The summed E-state index contributed by atoms with van der Waals surface area (Å²) in [5.41, 5.74) is 1.82. The van der Waals surface area contributed by atoms with Crippen LogP contribution in [0.25, 0.3) is 0 Å². The van der Waals surface area contributed by atoms with Crippen molar-refractivity contribution in [3.05, 3.63) is 67.7 Å². The van der Waals surface area contributed by atoms with Gasteiger partial charge in [-0.05, 0) is 58.5 Å². The first kappa shape index (κ1) is 17.8. The molecule has 4 nitrogen and oxygen atoms in total. The molecule has 2 aromatic carbocycles. The molecule has 1 aromatic heterocycles. The van der Waals surface area contributed by atoms with Gasteiger partial charge in [0.15, 0.2) is 4.34 Å². The Morgan fingerprint density at radius 3 is 2.75 bits per heavy atom. The number of anilines is 1. The lowest BCUT2D eigenvalue weighted by atomic mass is 10.2. The Hall–Kier alpha value is -0.970. The number of carbonyl (C=O) groups excluding carboxylic acids is 1. The zero-order chi connectivity index (χ0) is 16.9. The number of rotatable bonds is 5. The topological polar surface area (TPSA) is 54.9 Å². The van der Waals surface area contributed by atoms with E-state index in [2.05, 4.69) is 66.2 Å². The highest BCUT2D eigenvalue weighted by Crippen LogP contribution is 2.29. The minimum atomic E-state index is -0.172. The number of nitrogens with one attached hydrogen (secondary N) is 1. The summed E-state index contributed by atoms with van der Waals surface area (Å²) in [5.74, 6) is 0.640. The summed E-state index contributed by atoms with van der Waals surface area (Å²) in [4.78, 5) is 12.2. The predicted molar refractivity (Wildman–Crippen MR) is 111 cm³/mol. The van der Waals surface area contributed by atoms with Crippen molar-refractivity contribution >= 4 is 72.7 Å². The minimum absolute atomic E-state index is 0.172. The van der Waals surface area contributed by atoms with Crippen LogP contribution in [-0.2, 0) is 5.75 Å². The summed E-state index contributed by atoms with van der Waals surface area (Å²) < 4.78 is 2.91. The average Bonchev–Trinajstić information content (AvgIpc) is 3.02. The van der Waals surface area contributed by atoms with Crippen molar-refractivity contribution < 1.29 is 4.79 Å². The van der Waals surface area contributed by atoms with Crippen LogP contribution in [-0.4, -0.2) is 16.1 Å². The van der Waals surface area contributed by atoms with E-state index < -0.39 is 0 Å². The van der Waals surface area contributed by atoms with Gasteiger partial charge < -0.3 is 0 Å². The van der Waals surface area contributed by atoms with Crippen molar-refractivity contribution in [2.24, 2.45) is 0 Å². The quantitative estimate of drug-likeness (QED) is 0.270. The lowest BCUT2D eigenvalue weighted by molar-refractivity contribution is 0.102. The molecule has 3 aromatic rings. The number of nitrogens with zero attached hydrogens (tertiary/aromatic N) is 2. The third-order valence-electron chi connectivity index (χ3n) is 2.99. The first-order chi connectivity index (χ1) is 11.6. The second-order valence-corrected chi connectivity index (χ2v) is 9.11. The maximum absolute atomic E-state index is 12.2. The number of hydrogen-bond donors (Lipinski definition) is 1. The van der Waals surface area contributed by atoms with E-state index in [0.29, 0.717) is 10.7 Å². The molecule has 0 aliphatic carbocycles. The number of benzene rings is 2. The Morgan fingerprint density at radius 2 is 2.00 bits per heavy atom. The number of thioether (sulfide) groups is 1. The molecule has 0 aliphatic heterocycles. The lowest BCUT2D eigenvalue weighted by Crippen LogP contribution is -2.11. The van der Waals surface area contributed by atoms with Crippen molar-refractivity contribution in [1.29, 1.82) is 0 Å². The van der Waals surface area contributed by atoms with Gasteiger partial charge in [-0.3, -0.25) is 10.1 Å². The number of aromatic nitrogens is 2. The third-order valence-corrected chi connectivity index (χ3v) is 6.23. The van der Waals surface area contributed by atoms with Crippen molar-refractivity contribution in [3.63, 3.8) is 0 Å². The molecule has 8 heteroatoms. The predicted octanol–water partition coefficient (Wildman–Crippen LogP) is 5.45. The molecule has 0 atom stereocenters. The molecule has 1 N–H and O–H groups in total. The van der Waals surface area contributed by atoms with Gasteiger partial charge in [0.1, 0.15) is 0 Å². The van der Waals surface area contributed by atoms with Gasteiger partial charge in [0.2, 0.25) is 5.13 Å². The number of hydrogen-bond acceptors (Lipinski definition) is 5. The van der Waals surface area contributed by atoms with Gasteiger partial charge in [-0.2, -0.15) is 0 Å². The molecule has 0 spiro atoms. The Balaban J connectivity index is 1.59. The number of carbonyl (C=O) groups is 1. The Morgan fingerprint density at radius 1 is 1.21 bits per heavy atom. The molecule has 0 radical (unpaired) electrons.